The van der Waals surface area contributed by atoms with E-state index in [0.29, 0.717) is 0 Å². The van der Waals surface area contributed by atoms with Crippen molar-refractivity contribution in [3.63, 3.8) is 0 Å². The van der Waals surface area contributed by atoms with Gasteiger partial charge in [0.15, 0.2) is 0 Å². The molecule has 1 amide bonds. The van der Waals surface area contributed by atoms with Gasteiger partial charge in [-0.2, -0.15) is 0 Å². The molecule has 1 aliphatic carbocycles. The van der Waals surface area contributed by atoms with Gasteiger partial charge in [-0.25, -0.2) is 8.78 Å². The van der Waals surface area contributed by atoms with Crippen LogP contribution < -0.4 is 5.32 Å². The number of alkyl halides is 2. The van der Waals surface area contributed by atoms with Crippen molar-refractivity contribution < 1.29 is 13.6 Å². The zero-order valence-electron chi connectivity index (χ0n) is 6.36. The molecule has 1 rings (SSSR count). The highest BCUT2D eigenvalue weighted by atomic mass is 19.3. The second kappa shape index (κ2) is 2.75. The van der Waals surface area contributed by atoms with Crippen LogP contribution in [0.2, 0.25) is 0 Å². The van der Waals surface area contributed by atoms with E-state index in [9.17, 15) is 13.6 Å². The van der Waals surface area contributed by atoms with Gasteiger partial charge in [0.05, 0.1) is 0 Å². The minimum Gasteiger partial charge on any atom is -0.359 e. The first-order chi connectivity index (χ1) is 5.03. The molecule has 0 atom stereocenters. The van der Waals surface area contributed by atoms with Gasteiger partial charge in [0, 0.05) is 26.3 Å². The first kappa shape index (κ1) is 8.43. The van der Waals surface area contributed by atoms with Gasteiger partial charge in [0.2, 0.25) is 11.8 Å². The number of amides is 1. The zero-order chi connectivity index (χ0) is 8.48. The number of rotatable bonds is 2. The number of hydrogen-bond acceptors (Lipinski definition) is 1. The Bertz CT molecular complexity index is 162. The van der Waals surface area contributed by atoms with E-state index in [0.717, 1.165) is 0 Å². The molecule has 2 nitrogen and oxygen atoms in total. The van der Waals surface area contributed by atoms with E-state index in [1.165, 1.54) is 7.05 Å². The fourth-order valence-electron chi connectivity index (χ4n) is 1.29. The fraction of sp³-hybridized carbons (Fsp3) is 0.857. The SMILES string of the molecule is CNC(=O)CC1CC(F)(F)C1. The van der Waals surface area contributed by atoms with Gasteiger partial charge >= 0.3 is 0 Å². The summed E-state index contributed by atoms with van der Waals surface area (Å²) in [5, 5.41) is 2.41. The molecule has 1 aliphatic rings. The van der Waals surface area contributed by atoms with Gasteiger partial charge in [-0.1, -0.05) is 0 Å². The van der Waals surface area contributed by atoms with Crippen LogP contribution in [0.5, 0.6) is 0 Å². The fourth-order valence-corrected chi connectivity index (χ4v) is 1.29. The van der Waals surface area contributed by atoms with Crippen LogP contribution in [-0.2, 0) is 4.79 Å². The maximum Gasteiger partial charge on any atom is 0.248 e. The highest BCUT2D eigenvalue weighted by molar-refractivity contribution is 5.75. The Balaban J connectivity index is 2.19. The summed E-state index contributed by atoms with van der Waals surface area (Å²) in [6.07, 6.45) is -0.00701. The number of halogens is 2. The van der Waals surface area contributed by atoms with Crippen LogP contribution in [0.15, 0.2) is 0 Å². The average molecular weight is 163 g/mol. The quantitative estimate of drug-likeness (QED) is 0.650. The van der Waals surface area contributed by atoms with Crippen LogP contribution in [0, 0.1) is 5.92 Å². The normalized spacial score (nSPS) is 22.5. The first-order valence-electron chi connectivity index (χ1n) is 3.62. The van der Waals surface area contributed by atoms with Crippen LogP contribution in [-0.4, -0.2) is 18.9 Å². The van der Waals surface area contributed by atoms with Crippen molar-refractivity contribution in [1.29, 1.82) is 0 Å². The molecule has 0 bridgehead atoms. The minimum absolute atomic E-state index is 0.107. The van der Waals surface area contributed by atoms with Gasteiger partial charge < -0.3 is 5.32 Å². The number of carbonyl (C=O) groups is 1. The lowest BCUT2D eigenvalue weighted by Gasteiger charge is -2.34. The number of carbonyl (C=O) groups excluding carboxylic acids is 1. The van der Waals surface area contributed by atoms with E-state index >= 15 is 0 Å². The topological polar surface area (TPSA) is 29.1 Å². The van der Waals surface area contributed by atoms with Gasteiger partial charge in [0.1, 0.15) is 0 Å². The third-order valence-corrected chi connectivity index (χ3v) is 1.93. The van der Waals surface area contributed by atoms with Crippen LogP contribution in [0.4, 0.5) is 8.78 Å². The zero-order valence-corrected chi connectivity index (χ0v) is 6.36. The van der Waals surface area contributed by atoms with Crippen molar-refractivity contribution in [3.8, 4) is 0 Å². The second-order valence-electron chi connectivity index (χ2n) is 3.01. The van der Waals surface area contributed by atoms with Crippen molar-refractivity contribution in [2.45, 2.75) is 25.2 Å². The summed E-state index contributed by atoms with van der Waals surface area (Å²) in [7, 11) is 1.51. The molecule has 4 heteroatoms. The third-order valence-electron chi connectivity index (χ3n) is 1.93. The van der Waals surface area contributed by atoms with Crippen LogP contribution in [0.25, 0.3) is 0 Å². The Morgan fingerprint density at radius 3 is 2.55 bits per heavy atom. The molecular formula is C7H11F2NO. The predicted octanol–water partition coefficient (Wildman–Crippen LogP) is 1.17. The Labute approximate surface area is 64.0 Å². The monoisotopic (exact) mass is 163 g/mol. The molecule has 0 aromatic heterocycles. The molecule has 0 spiro atoms. The highest BCUT2D eigenvalue weighted by Crippen LogP contribution is 2.43. The van der Waals surface area contributed by atoms with Crippen molar-refractivity contribution >= 4 is 5.91 Å². The summed E-state index contributed by atoms with van der Waals surface area (Å²) in [6, 6.07) is 0. The van der Waals surface area contributed by atoms with Gasteiger partial charge in [-0.3, -0.25) is 4.79 Å². The van der Waals surface area contributed by atoms with E-state index in [2.05, 4.69) is 5.32 Å². The van der Waals surface area contributed by atoms with Gasteiger partial charge in [-0.05, 0) is 5.92 Å². The van der Waals surface area contributed by atoms with E-state index < -0.39 is 5.92 Å². The molecular weight excluding hydrogens is 152 g/mol. The van der Waals surface area contributed by atoms with Gasteiger partial charge in [-0.15, -0.1) is 0 Å². The lowest BCUT2D eigenvalue weighted by Crippen LogP contribution is -2.38. The predicted molar refractivity (Wildman–Crippen MR) is 36.4 cm³/mol. The smallest absolute Gasteiger partial charge is 0.248 e. The molecule has 1 fully saturated rings. The van der Waals surface area contributed by atoms with E-state index in [1.54, 1.807) is 0 Å². The Morgan fingerprint density at radius 1 is 1.64 bits per heavy atom. The minimum atomic E-state index is -2.50. The molecule has 64 valence electrons. The third kappa shape index (κ3) is 2.13. The number of nitrogens with one attached hydrogen (secondary N) is 1. The van der Waals surface area contributed by atoms with Crippen molar-refractivity contribution in [2.75, 3.05) is 7.05 Å². The lowest BCUT2D eigenvalue weighted by molar-refractivity contribution is -0.133. The Kier molecular flexibility index (Phi) is 2.11. The van der Waals surface area contributed by atoms with E-state index in [4.69, 9.17) is 0 Å². The summed E-state index contributed by atoms with van der Waals surface area (Å²) >= 11 is 0. The molecule has 0 aliphatic heterocycles. The lowest BCUT2D eigenvalue weighted by atomic mass is 9.79. The van der Waals surface area contributed by atoms with Crippen molar-refractivity contribution in [1.82, 2.24) is 5.32 Å². The molecule has 0 heterocycles. The van der Waals surface area contributed by atoms with E-state index in [-0.39, 0.29) is 31.1 Å². The maximum atomic E-state index is 12.2. The second-order valence-corrected chi connectivity index (χ2v) is 3.01. The van der Waals surface area contributed by atoms with Crippen LogP contribution >= 0.6 is 0 Å². The Hall–Kier alpha value is -0.670. The first-order valence-corrected chi connectivity index (χ1v) is 3.62. The van der Waals surface area contributed by atoms with Crippen molar-refractivity contribution in [2.24, 2.45) is 5.92 Å². The summed E-state index contributed by atoms with van der Waals surface area (Å²) in [4.78, 5) is 10.7. The molecule has 0 unspecified atom stereocenters. The van der Waals surface area contributed by atoms with Crippen LogP contribution in [0.1, 0.15) is 19.3 Å². The maximum absolute atomic E-state index is 12.2. The summed E-state index contributed by atoms with van der Waals surface area (Å²) in [5.41, 5.74) is 0. The summed E-state index contributed by atoms with van der Waals surface area (Å²) in [5.74, 6) is -2.76. The van der Waals surface area contributed by atoms with Gasteiger partial charge in [0.25, 0.3) is 0 Å². The molecule has 0 saturated heterocycles. The highest BCUT2D eigenvalue weighted by Gasteiger charge is 2.45. The molecule has 0 aromatic carbocycles. The summed E-state index contributed by atoms with van der Waals surface area (Å²) < 4.78 is 24.4. The average Bonchev–Trinajstić information content (AvgIpc) is 1.83. The van der Waals surface area contributed by atoms with Crippen molar-refractivity contribution in [3.05, 3.63) is 0 Å². The largest absolute Gasteiger partial charge is 0.359 e. The number of hydrogen-bond donors (Lipinski definition) is 1. The van der Waals surface area contributed by atoms with E-state index in [1.807, 2.05) is 0 Å². The Morgan fingerprint density at radius 2 is 2.18 bits per heavy atom. The summed E-state index contributed by atoms with van der Waals surface area (Å²) in [6.45, 7) is 0. The standard InChI is InChI=1S/C7H11F2NO/c1-10-6(11)2-5-3-7(8,9)4-5/h5H,2-4H2,1H3,(H,10,11). The molecule has 0 aromatic rings. The van der Waals surface area contributed by atoms with Crippen LogP contribution in [0.3, 0.4) is 0 Å². The molecule has 1 saturated carbocycles. The molecule has 0 radical (unpaired) electrons. The molecule has 11 heavy (non-hydrogen) atoms. The molecule has 1 N–H and O–H groups in total.